The van der Waals surface area contributed by atoms with Crippen LogP contribution in [0.4, 0.5) is 22.4 Å². The molecule has 0 saturated carbocycles. The van der Waals surface area contributed by atoms with Crippen molar-refractivity contribution in [2.24, 2.45) is 5.92 Å². The van der Waals surface area contributed by atoms with Crippen LogP contribution in [0.3, 0.4) is 0 Å². The second-order valence-electron chi connectivity index (χ2n) is 6.89. The summed E-state index contributed by atoms with van der Waals surface area (Å²) in [6.07, 6.45) is -3.89. The number of piperidine rings is 1. The first-order valence-corrected chi connectivity index (χ1v) is 8.30. The van der Waals surface area contributed by atoms with Crippen LogP contribution in [0, 0.1) is 11.7 Å². The highest BCUT2D eigenvalue weighted by molar-refractivity contribution is 6.07. The number of amides is 3. The molecule has 0 unspecified atom stereocenters. The van der Waals surface area contributed by atoms with Gasteiger partial charge in [-0.1, -0.05) is 12.1 Å². The van der Waals surface area contributed by atoms with E-state index in [1.165, 1.54) is 36.1 Å². The summed E-state index contributed by atoms with van der Waals surface area (Å²) in [7, 11) is 0. The summed E-state index contributed by atoms with van der Waals surface area (Å²) in [5.74, 6) is -2.50. The van der Waals surface area contributed by atoms with E-state index in [0.717, 1.165) is 4.90 Å². The van der Waals surface area contributed by atoms with Crippen LogP contribution in [0.25, 0.3) is 0 Å². The van der Waals surface area contributed by atoms with Gasteiger partial charge in [0.2, 0.25) is 0 Å². The lowest BCUT2D eigenvalue weighted by atomic mass is 9.92. The molecule has 2 aliphatic rings. The standard InChI is InChI=1S/C17H19F4N3O2/c1-16(11-4-6-13(18)7-5-11)14(25)24(15(26)22-16)10-23-8-2-3-12(9-23)17(19,20)21/h4-7,12H,2-3,8-10H2,1H3,(H,22,26)/t12-,16+/m0/s1. The fourth-order valence-corrected chi connectivity index (χ4v) is 3.46. The van der Waals surface area contributed by atoms with Crippen LogP contribution >= 0.6 is 0 Å². The number of halogens is 4. The van der Waals surface area contributed by atoms with Crippen LogP contribution in [-0.2, 0) is 10.3 Å². The van der Waals surface area contributed by atoms with Crippen molar-refractivity contribution < 1.29 is 27.2 Å². The van der Waals surface area contributed by atoms with Crippen molar-refractivity contribution in [3.05, 3.63) is 35.6 Å². The maximum absolute atomic E-state index is 13.1. The van der Waals surface area contributed by atoms with E-state index in [0.29, 0.717) is 18.5 Å². The molecule has 3 amide bonds. The van der Waals surface area contributed by atoms with Gasteiger partial charge in [0, 0.05) is 6.54 Å². The molecule has 0 spiro atoms. The Morgan fingerprint density at radius 3 is 2.50 bits per heavy atom. The van der Waals surface area contributed by atoms with Crippen molar-refractivity contribution in [2.75, 3.05) is 19.8 Å². The third kappa shape index (κ3) is 3.40. The number of benzene rings is 1. The number of carbonyl (C=O) groups excluding carboxylic acids is 2. The Balaban J connectivity index is 1.74. The predicted molar refractivity (Wildman–Crippen MR) is 84.3 cm³/mol. The normalized spacial score (nSPS) is 27.7. The predicted octanol–water partition coefficient (Wildman–Crippen LogP) is 2.82. The molecule has 142 valence electrons. The molecule has 2 atom stereocenters. The number of hydrogen-bond acceptors (Lipinski definition) is 3. The Labute approximate surface area is 147 Å². The first-order chi connectivity index (χ1) is 12.1. The van der Waals surface area contributed by atoms with E-state index in [-0.39, 0.29) is 19.6 Å². The van der Waals surface area contributed by atoms with Crippen LogP contribution in [0.1, 0.15) is 25.3 Å². The van der Waals surface area contributed by atoms with Crippen LogP contribution in [0.2, 0.25) is 0 Å². The Bertz CT molecular complexity index is 707. The number of hydrogen-bond donors (Lipinski definition) is 1. The molecule has 1 aromatic carbocycles. The van der Waals surface area contributed by atoms with E-state index in [2.05, 4.69) is 5.32 Å². The van der Waals surface area contributed by atoms with Crippen LogP contribution < -0.4 is 5.32 Å². The Morgan fingerprint density at radius 1 is 1.23 bits per heavy atom. The average molecular weight is 373 g/mol. The van der Waals surface area contributed by atoms with Gasteiger partial charge in [0.15, 0.2) is 0 Å². The second kappa shape index (κ2) is 6.53. The molecule has 2 saturated heterocycles. The molecule has 1 N–H and O–H groups in total. The summed E-state index contributed by atoms with van der Waals surface area (Å²) in [5.41, 5.74) is -0.962. The molecule has 9 heteroatoms. The lowest BCUT2D eigenvalue weighted by Crippen LogP contribution is -2.48. The molecule has 2 aliphatic heterocycles. The molecule has 0 aliphatic carbocycles. The van der Waals surface area contributed by atoms with E-state index in [1.54, 1.807) is 0 Å². The lowest BCUT2D eigenvalue weighted by Gasteiger charge is -2.35. The van der Waals surface area contributed by atoms with Crippen molar-refractivity contribution in [2.45, 2.75) is 31.5 Å². The summed E-state index contributed by atoms with van der Waals surface area (Å²) in [6.45, 7) is 1.44. The van der Waals surface area contributed by atoms with E-state index < -0.39 is 35.4 Å². The Kier molecular flexibility index (Phi) is 4.68. The maximum atomic E-state index is 13.1. The third-order valence-corrected chi connectivity index (χ3v) is 5.01. The molecule has 0 radical (unpaired) electrons. The highest BCUT2D eigenvalue weighted by atomic mass is 19.4. The SMILES string of the molecule is C[C@]1(c2ccc(F)cc2)NC(=O)N(CN2CCC[C@H](C(F)(F)F)C2)C1=O. The van der Waals surface area contributed by atoms with E-state index in [9.17, 15) is 27.2 Å². The number of urea groups is 1. The largest absolute Gasteiger partial charge is 0.393 e. The second-order valence-corrected chi connectivity index (χ2v) is 6.89. The lowest BCUT2D eigenvalue weighted by molar-refractivity contribution is -0.187. The zero-order valence-electron chi connectivity index (χ0n) is 14.1. The smallest absolute Gasteiger partial charge is 0.319 e. The monoisotopic (exact) mass is 373 g/mol. The number of nitrogens with one attached hydrogen (secondary N) is 1. The summed E-state index contributed by atoms with van der Waals surface area (Å²) >= 11 is 0. The van der Waals surface area contributed by atoms with Crippen LogP contribution in [0.5, 0.6) is 0 Å². The molecule has 3 rings (SSSR count). The molecule has 5 nitrogen and oxygen atoms in total. The van der Waals surface area contributed by atoms with Gasteiger partial charge in [-0.15, -0.1) is 0 Å². The summed E-state index contributed by atoms with van der Waals surface area (Å²) in [5, 5.41) is 2.56. The topological polar surface area (TPSA) is 52.7 Å². The summed E-state index contributed by atoms with van der Waals surface area (Å²) < 4.78 is 51.9. The molecule has 2 heterocycles. The van der Waals surface area contributed by atoms with E-state index in [4.69, 9.17) is 0 Å². The van der Waals surface area contributed by atoms with Gasteiger partial charge in [-0.25, -0.2) is 14.1 Å². The van der Waals surface area contributed by atoms with Crippen LogP contribution in [-0.4, -0.2) is 47.7 Å². The van der Waals surface area contributed by atoms with Gasteiger partial charge in [-0.3, -0.25) is 9.69 Å². The quantitative estimate of drug-likeness (QED) is 0.655. The zero-order chi connectivity index (χ0) is 19.1. The van der Waals surface area contributed by atoms with Gasteiger partial charge < -0.3 is 5.32 Å². The van der Waals surface area contributed by atoms with Gasteiger partial charge in [0.05, 0.1) is 12.6 Å². The van der Waals surface area contributed by atoms with Gasteiger partial charge in [-0.05, 0) is 44.0 Å². The number of likely N-dealkylation sites (tertiary alicyclic amines) is 1. The van der Waals surface area contributed by atoms with Crippen molar-refractivity contribution >= 4 is 11.9 Å². The fourth-order valence-electron chi connectivity index (χ4n) is 3.46. The number of alkyl halides is 3. The number of imide groups is 1. The molecule has 26 heavy (non-hydrogen) atoms. The van der Waals surface area contributed by atoms with Gasteiger partial charge >= 0.3 is 12.2 Å². The van der Waals surface area contributed by atoms with Gasteiger partial charge in [0.25, 0.3) is 5.91 Å². The van der Waals surface area contributed by atoms with E-state index >= 15 is 0 Å². The number of nitrogens with zero attached hydrogens (tertiary/aromatic N) is 2. The third-order valence-electron chi connectivity index (χ3n) is 5.01. The van der Waals surface area contributed by atoms with Crippen molar-refractivity contribution in [3.63, 3.8) is 0 Å². The average Bonchev–Trinajstić information content (AvgIpc) is 2.79. The van der Waals surface area contributed by atoms with Crippen molar-refractivity contribution in [1.82, 2.24) is 15.1 Å². The van der Waals surface area contributed by atoms with Gasteiger partial charge in [-0.2, -0.15) is 13.2 Å². The van der Waals surface area contributed by atoms with Crippen molar-refractivity contribution in [1.29, 1.82) is 0 Å². The first-order valence-electron chi connectivity index (χ1n) is 8.30. The molecule has 1 aromatic rings. The number of rotatable bonds is 3. The Morgan fingerprint density at radius 2 is 1.88 bits per heavy atom. The Hall–Kier alpha value is -2.16. The minimum atomic E-state index is -4.29. The molecule has 0 bridgehead atoms. The minimum absolute atomic E-state index is 0.0490. The summed E-state index contributed by atoms with van der Waals surface area (Å²) in [6, 6.07) is 4.49. The van der Waals surface area contributed by atoms with Gasteiger partial charge in [0.1, 0.15) is 11.4 Å². The van der Waals surface area contributed by atoms with Crippen LogP contribution in [0.15, 0.2) is 24.3 Å². The fraction of sp³-hybridized carbons (Fsp3) is 0.529. The molecular weight excluding hydrogens is 354 g/mol. The highest BCUT2D eigenvalue weighted by Crippen LogP contribution is 2.34. The maximum Gasteiger partial charge on any atom is 0.393 e. The zero-order valence-corrected chi connectivity index (χ0v) is 14.1. The van der Waals surface area contributed by atoms with Crippen molar-refractivity contribution in [3.8, 4) is 0 Å². The molecule has 0 aromatic heterocycles. The van der Waals surface area contributed by atoms with E-state index in [1.807, 2.05) is 0 Å². The first kappa shape index (κ1) is 18.6. The summed E-state index contributed by atoms with van der Waals surface area (Å²) in [4.78, 5) is 27.4. The number of carbonyl (C=O) groups is 2. The molecule has 2 fully saturated rings. The minimum Gasteiger partial charge on any atom is -0.319 e. The molecular formula is C17H19F4N3O2. The highest BCUT2D eigenvalue weighted by Gasteiger charge is 2.50.